The first kappa shape index (κ1) is 49.8. The lowest BCUT2D eigenvalue weighted by atomic mass is 10.0. The van der Waals surface area contributed by atoms with E-state index in [0.717, 1.165) is 64.6 Å². The molecule has 0 amide bonds. The molecular weight excluding hydrogens is 665 g/mol. The molecule has 2 unspecified atom stereocenters. The summed E-state index contributed by atoms with van der Waals surface area (Å²) >= 11 is 0. The summed E-state index contributed by atoms with van der Waals surface area (Å²) in [7, 11) is 0. The summed E-state index contributed by atoms with van der Waals surface area (Å²) in [5.41, 5.74) is 0. The van der Waals surface area contributed by atoms with Crippen LogP contribution in [0.1, 0.15) is 213 Å². The Hall–Kier alpha value is -1.22. The second kappa shape index (κ2) is 37.7. The Kier molecular flexibility index (Phi) is 35.4. The average Bonchev–Trinajstić information content (AvgIpc) is 3.67. The van der Waals surface area contributed by atoms with Crippen molar-refractivity contribution in [3.8, 4) is 0 Å². The molecule has 0 aromatic rings. The van der Waals surface area contributed by atoms with Crippen LogP contribution in [0.4, 0.5) is 0 Å². The Morgan fingerprint density at radius 3 is 1.17 bits per heavy atom. The number of aliphatic hydroxyl groups excluding tert-OH is 2. The number of unbranched alkanes of at least 4 members (excludes halogenated alkanes) is 24. The number of carbonyl (C=O) groups is 2. The number of likely N-dealkylation sites (tertiary alicyclic amines) is 1. The van der Waals surface area contributed by atoms with Gasteiger partial charge in [0, 0.05) is 25.9 Å². The molecule has 8 heteroatoms. The summed E-state index contributed by atoms with van der Waals surface area (Å²) in [5.74, 6) is -0.494. The van der Waals surface area contributed by atoms with Gasteiger partial charge in [0.05, 0.1) is 0 Å². The van der Waals surface area contributed by atoms with Gasteiger partial charge >= 0.3 is 11.9 Å². The molecule has 0 aromatic heterocycles. The molecule has 0 bridgehead atoms. The highest BCUT2D eigenvalue weighted by molar-refractivity contribution is 5.69. The van der Waals surface area contributed by atoms with E-state index in [0.29, 0.717) is 32.5 Å². The van der Waals surface area contributed by atoms with Crippen LogP contribution in [-0.4, -0.2) is 96.6 Å². The van der Waals surface area contributed by atoms with Gasteiger partial charge in [-0.1, -0.05) is 168 Å². The molecule has 1 aliphatic rings. The maximum atomic E-state index is 12.3. The fraction of sp³-hybridized carbons (Fsp3) is 0.956. The summed E-state index contributed by atoms with van der Waals surface area (Å²) in [5, 5.41) is 21.5. The van der Waals surface area contributed by atoms with Crippen molar-refractivity contribution in [2.45, 2.75) is 225 Å². The van der Waals surface area contributed by atoms with E-state index in [1.165, 1.54) is 141 Å². The van der Waals surface area contributed by atoms with Gasteiger partial charge in [0.25, 0.3) is 0 Å². The number of rotatable bonds is 40. The van der Waals surface area contributed by atoms with Crippen LogP contribution in [-0.2, 0) is 19.1 Å². The SMILES string of the molecule is CCCCCCCCCCCCCCCC(=O)OCC(O)CN(CCCN1CCCC1)CC(O)COC(=O)CCCCCCCCCCCCCCC. The molecule has 1 saturated heterocycles. The van der Waals surface area contributed by atoms with Gasteiger partial charge in [-0.2, -0.15) is 0 Å². The number of esters is 2. The van der Waals surface area contributed by atoms with Gasteiger partial charge in [0.2, 0.25) is 0 Å². The Labute approximate surface area is 327 Å². The highest BCUT2D eigenvalue weighted by Crippen LogP contribution is 2.15. The van der Waals surface area contributed by atoms with Crippen LogP contribution in [0.15, 0.2) is 0 Å². The van der Waals surface area contributed by atoms with Crippen LogP contribution in [0, 0.1) is 0 Å². The lowest BCUT2D eigenvalue weighted by molar-refractivity contribution is -0.147. The van der Waals surface area contributed by atoms with E-state index in [1.807, 2.05) is 4.90 Å². The predicted molar refractivity (Wildman–Crippen MR) is 221 cm³/mol. The second-order valence-electron chi connectivity index (χ2n) is 16.3. The number of nitrogens with zero attached hydrogens (tertiary/aromatic N) is 2. The molecule has 0 radical (unpaired) electrons. The Bertz CT molecular complexity index is 754. The smallest absolute Gasteiger partial charge is 0.305 e. The van der Waals surface area contributed by atoms with Crippen molar-refractivity contribution in [3.05, 3.63) is 0 Å². The Balaban J connectivity index is 2.18. The largest absolute Gasteiger partial charge is 0.463 e. The Morgan fingerprint density at radius 1 is 0.509 bits per heavy atom. The van der Waals surface area contributed by atoms with E-state index in [1.54, 1.807) is 0 Å². The van der Waals surface area contributed by atoms with E-state index in [9.17, 15) is 19.8 Å². The van der Waals surface area contributed by atoms with Crippen molar-refractivity contribution in [1.82, 2.24) is 9.80 Å². The number of ether oxygens (including phenoxy) is 2. The summed E-state index contributed by atoms with van der Waals surface area (Å²) in [6.07, 6.45) is 35.4. The Morgan fingerprint density at radius 2 is 0.830 bits per heavy atom. The highest BCUT2D eigenvalue weighted by Gasteiger charge is 2.19. The van der Waals surface area contributed by atoms with Crippen LogP contribution >= 0.6 is 0 Å². The lowest BCUT2D eigenvalue weighted by Crippen LogP contribution is -2.42. The molecule has 0 aromatic carbocycles. The average molecular weight is 753 g/mol. The third-order valence-corrected chi connectivity index (χ3v) is 10.9. The van der Waals surface area contributed by atoms with Crippen LogP contribution in [0.3, 0.4) is 0 Å². The molecule has 1 fully saturated rings. The first-order valence-electron chi connectivity index (χ1n) is 23.1. The van der Waals surface area contributed by atoms with E-state index >= 15 is 0 Å². The lowest BCUT2D eigenvalue weighted by Gasteiger charge is -2.28. The zero-order chi connectivity index (χ0) is 38.5. The topological polar surface area (TPSA) is 99.5 Å². The highest BCUT2D eigenvalue weighted by atomic mass is 16.5. The zero-order valence-electron chi connectivity index (χ0n) is 35.2. The van der Waals surface area contributed by atoms with Gasteiger partial charge < -0.3 is 24.6 Å². The zero-order valence-corrected chi connectivity index (χ0v) is 35.2. The van der Waals surface area contributed by atoms with Crippen LogP contribution in [0.25, 0.3) is 0 Å². The number of hydrogen-bond donors (Lipinski definition) is 2. The van der Waals surface area contributed by atoms with Crippen LogP contribution in [0.2, 0.25) is 0 Å². The first-order chi connectivity index (χ1) is 25.9. The summed E-state index contributed by atoms with van der Waals surface area (Å²) in [6.45, 7) is 9.03. The van der Waals surface area contributed by atoms with Gasteiger partial charge in [-0.15, -0.1) is 0 Å². The van der Waals surface area contributed by atoms with Gasteiger partial charge in [0.1, 0.15) is 25.4 Å². The van der Waals surface area contributed by atoms with Gasteiger partial charge in [-0.3, -0.25) is 14.5 Å². The molecule has 314 valence electrons. The molecule has 0 aliphatic carbocycles. The monoisotopic (exact) mass is 753 g/mol. The molecule has 2 atom stereocenters. The summed E-state index contributed by atoms with van der Waals surface area (Å²) in [6, 6.07) is 0. The van der Waals surface area contributed by atoms with Crippen LogP contribution in [0.5, 0.6) is 0 Å². The molecule has 53 heavy (non-hydrogen) atoms. The fourth-order valence-electron chi connectivity index (χ4n) is 7.58. The molecular formula is C45H88N2O6. The molecule has 2 N–H and O–H groups in total. The number of hydrogen-bond acceptors (Lipinski definition) is 8. The number of carbonyl (C=O) groups excluding carboxylic acids is 2. The predicted octanol–water partition coefficient (Wildman–Crippen LogP) is 10.5. The third-order valence-electron chi connectivity index (χ3n) is 10.9. The molecule has 1 aliphatic heterocycles. The minimum atomic E-state index is -0.831. The first-order valence-corrected chi connectivity index (χ1v) is 23.1. The van der Waals surface area contributed by atoms with Crippen molar-refractivity contribution in [2.75, 3.05) is 52.5 Å². The molecule has 1 rings (SSSR count). The van der Waals surface area contributed by atoms with Gasteiger partial charge in [-0.05, 0) is 58.3 Å². The minimum absolute atomic E-state index is 0.0376. The van der Waals surface area contributed by atoms with Crippen molar-refractivity contribution in [2.24, 2.45) is 0 Å². The van der Waals surface area contributed by atoms with Gasteiger partial charge in [-0.25, -0.2) is 0 Å². The standard InChI is InChI=1S/C45H88N2O6/c1-3-5-7-9-11-13-15-17-19-21-23-25-27-32-44(50)52-40-42(48)38-47(37-31-36-46-34-29-30-35-46)39-43(49)41-53-45(51)33-28-26-24-22-20-18-16-14-12-10-8-6-4-2/h42-43,48-49H,3-41H2,1-2H3. The molecule has 1 heterocycles. The van der Waals surface area contributed by atoms with Crippen molar-refractivity contribution < 1.29 is 29.3 Å². The van der Waals surface area contributed by atoms with Gasteiger partial charge in [0.15, 0.2) is 0 Å². The van der Waals surface area contributed by atoms with E-state index in [-0.39, 0.29) is 25.2 Å². The molecule has 0 spiro atoms. The van der Waals surface area contributed by atoms with E-state index in [2.05, 4.69) is 18.7 Å². The fourth-order valence-corrected chi connectivity index (χ4v) is 7.58. The molecule has 8 nitrogen and oxygen atoms in total. The maximum Gasteiger partial charge on any atom is 0.305 e. The molecule has 0 saturated carbocycles. The van der Waals surface area contributed by atoms with E-state index < -0.39 is 12.2 Å². The van der Waals surface area contributed by atoms with Crippen molar-refractivity contribution in [3.63, 3.8) is 0 Å². The minimum Gasteiger partial charge on any atom is -0.463 e. The van der Waals surface area contributed by atoms with Crippen LogP contribution < -0.4 is 0 Å². The normalized spacial score (nSPS) is 14.6. The van der Waals surface area contributed by atoms with E-state index in [4.69, 9.17) is 9.47 Å². The van der Waals surface area contributed by atoms with Crippen molar-refractivity contribution in [1.29, 1.82) is 0 Å². The maximum absolute atomic E-state index is 12.3. The quantitative estimate of drug-likeness (QED) is 0.0471. The third kappa shape index (κ3) is 33.8. The second-order valence-corrected chi connectivity index (χ2v) is 16.3. The van der Waals surface area contributed by atoms with Crippen molar-refractivity contribution >= 4 is 11.9 Å². The summed E-state index contributed by atoms with van der Waals surface area (Å²) < 4.78 is 10.8. The summed E-state index contributed by atoms with van der Waals surface area (Å²) in [4.78, 5) is 29.2. The number of aliphatic hydroxyl groups is 2.